The molecule has 0 bridgehead atoms. The van der Waals surface area contributed by atoms with Gasteiger partial charge >= 0.3 is 5.97 Å². The van der Waals surface area contributed by atoms with Crippen LogP contribution in [0.25, 0.3) is 0 Å². The van der Waals surface area contributed by atoms with E-state index in [0.717, 1.165) is 30.5 Å². The predicted octanol–water partition coefficient (Wildman–Crippen LogP) is 2.04. The quantitative estimate of drug-likeness (QED) is 0.652. The van der Waals surface area contributed by atoms with Gasteiger partial charge in [0.05, 0.1) is 0 Å². The lowest BCUT2D eigenvalue weighted by molar-refractivity contribution is -0.148. The zero-order valence-electron chi connectivity index (χ0n) is 10.3. The van der Waals surface area contributed by atoms with E-state index in [9.17, 15) is 4.79 Å². The van der Waals surface area contributed by atoms with Crippen LogP contribution in [0, 0.1) is 5.41 Å². The second kappa shape index (κ2) is 4.25. The number of ether oxygens (including phenoxy) is 1. The zero-order chi connectivity index (χ0) is 12.6. The average molecular weight is 243 g/mol. The molecule has 0 aromatic heterocycles. The molecule has 0 unspecified atom stereocenters. The molecule has 2 aliphatic rings. The number of esters is 1. The maximum Gasteiger partial charge on any atom is 0.324 e. The summed E-state index contributed by atoms with van der Waals surface area (Å²) in [5.74, 6) is -0.144. The van der Waals surface area contributed by atoms with Gasteiger partial charge in [-0.3, -0.25) is 10.1 Å². The molecule has 1 spiro atoms. The molecule has 1 saturated heterocycles. The number of benzene rings is 1. The highest BCUT2D eigenvalue weighted by atomic mass is 16.5. The Labute approximate surface area is 107 Å². The minimum absolute atomic E-state index is 0.00771. The van der Waals surface area contributed by atoms with Crippen LogP contribution in [0.3, 0.4) is 0 Å². The number of hydrogen-bond donors (Lipinski definition) is 1. The van der Waals surface area contributed by atoms with Crippen molar-refractivity contribution in [2.45, 2.75) is 25.5 Å². The van der Waals surface area contributed by atoms with Crippen LogP contribution in [0.4, 0.5) is 0 Å². The van der Waals surface area contributed by atoms with Crippen LogP contribution in [0.1, 0.15) is 18.4 Å². The molecule has 0 radical (unpaired) electrons. The smallest absolute Gasteiger partial charge is 0.324 e. The van der Waals surface area contributed by atoms with Crippen LogP contribution in [-0.2, 0) is 16.1 Å². The Hall–Kier alpha value is -1.61. The van der Waals surface area contributed by atoms with Gasteiger partial charge in [-0.05, 0) is 18.4 Å². The summed E-state index contributed by atoms with van der Waals surface area (Å²) in [6, 6.07) is 9.58. The second-order valence-electron chi connectivity index (χ2n) is 5.17. The third-order valence-corrected chi connectivity index (χ3v) is 4.02. The van der Waals surface area contributed by atoms with E-state index in [1.54, 1.807) is 0 Å². The Kier molecular flexibility index (Phi) is 2.71. The van der Waals surface area contributed by atoms with Gasteiger partial charge in [-0.15, -0.1) is 0 Å². The molecule has 1 saturated carbocycles. The maximum absolute atomic E-state index is 12.1. The topological polar surface area (TPSA) is 38.3 Å². The first-order chi connectivity index (χ1) is 8.72. The molecule has 3 rings (SSSR count). The summed E-state index contributed by atoms with van der Waals surface area (Å²) in [5.41, 5.74) is 2.19. The third kappa shape index (κ3) is 1.85. The maximum atomic E-state index is 12.1. The largest absolute Gasteiger partial charge is 0.460 e. The Balaban J connectivity index is 1.61. The van der Waals surface area contributed by atoms with E-state index in [0.29, 0.717) is 6.61 Å². The van der Waals surface area contributed by atoms with Gasteiger partial charge in [0, 0.05) is 12.0 Å². The Morgan fingerprint density at radius 2 is 2.11 bits per heavy atom. The molecular formula is C15H17NO2. The molecule has 1 N–H and O–H groups in total. The molecule has 2 fully saturated rings. The van der Waals surface area contributed by atoms with Crippen molar-refractivity contribution in [2.24, 2.45) is 5.41 Å². The lowest BCUT2D eigenvalue weighted by atomic mass is 9.93. The van der Waals surface area contributed by atoms with Crippen molar-refractivity contribution in [3.05, 3.63) is 48.0 Å². The molecular weight excluding hydrogens is 226 g/mol. The lowest BCUT2D eigenvalue weighted by Gasteiger charge is -2.17. The highest BCUT2D eigenvalue weighted by Gasteiger charge is 2.58. The number of nitrogens with one attached hydrogen (secondary N) is 1. The zero-order valence-corrected chi connectivity index (χ0v) is 10.3. The first-order valence-electron chi connectivity index (χ1n) is 6.34. The summed E-state index contributed by atoms with van der Waals surface area (Å²) >= 11 is 0. The van der Waals surface area contributed by atoms with E-state index in [1.807, 2.05) is 30.3 Å². The highest BCUT2D eigenvalue weighted by molar-refractivity contribution is 5.79. The minimum atomic E-state index is -0.186. The van der Waals surface area contributed by atoms with Gasteiger partial charge in [-0.2, -0.15) is 0 Å². The number of carbonyl (C=O) groups is 1. The monoisotopic (exact) mass is 243 g/mol. The molecule has 94 valence electrons. The molecule has 18 heavy (non-hydrogen) atoms. The van der Waals surface area contributed by atoms with Crippen molar-refractivity contribution < 1.29 is 9.53 Å². The summed E-state index contributed by atoms with van der Waals surface area (Å²) in [5, 5.41) is 3.22. The summed E-state index contributed by atoms with van der Waals surface area (Å²) < 4.78 is 5.39. The van der Waals surface area contributed by atoms with Gasteiger partial charge in [0.25, 0.3) is 0 Å². The van der Waals surface area contributed by atoms with E-state index in [1.165, 1.54) is 0 Å². The van der Waals surface area contributed by atoms with E-state index < -0.39 is 0 Å². The van der Waals surface area contributed by atoms with Gasteiger partial charge in [0.2, 0.25) is 0 Å². The van der Waals surface area contributed by atoms with Crippen LogP contribution in [0.2, 0.25) is 0 Å². The Morgan fingerprint density at radius 3 is 2.78 bits per heavy atom. The Morgan fingerprint density at radius 1 is 1.39 bits per heavy atom. The predicted molar refractivity (Wildman–Crippen MR) is 68.8 cm³/mol. The lowest BCUT2D eigenvalue weighted by Crippen LogP contribution is -2.38. The molecule has 3 heteroatoms. The summed E-state index contributed by atoms with van der Waals surface area (Å²) in [7, 11) is 0. The minimum Gasteiger partial charge on any atom is -0.460 e. The fraction of sp³-hybridized carbons (Fsp3) is 0.400. The molecule has 1 heterocycles. The van der Waals surface area contributed by atoms with Gasteiger partial charge in [-0.25, -0.2) is 0 Å². The molecule has 1 aliphatic heterocycles. The van der Waals surface area contributed by atoms with E-state index in [2.05, 4.69) is 11.9 Å². The highest BCUT2D eigenvalue weighted by Crippen LogP contribution is 2.56. The number of rotatable bonds is 3. The average Bonchev–Trinajstić information content (AvgIpc) is 3.12. The van der Waals surface area contributed by atoms with Crippen LogP contribution < -0.4 is 5.32 Å². The van der Waals surface area contributed by atoms with Crippen LogP contribution in [-0.4, -0.2) is 18.6 Å². The van der Waals surface area contributed by atoms with Crippen molar-refractivity contribution in [3.63, 3.8) is 0 Å². The fourth-order valence-electron chi connectivity index (χ4n) is 2.70. The van der Waals surface area contributed by atoms with Crippen molar-refractivity contribution in [1.29, 1.82) is 0 Å². The van der Waals surface area contributed by atoms with Crippen LogP contribution >= 0.6 is 0 Å². The summed E-state index contributed by atoms with van der Waals surface area (Å²) in [6.45, 7) is 5.14. The van der Waals surface area contributed by atoms with Crippen molar-refractivity contribution in [3.8, 4) is 0 Å². The van der Waals surface area contributed by atoms with Gasteiger partial charge in [-0.1, -0.05) is 42.5 Å². The molecule has 0 amide bonds. The molecule has 1 aromatic rings. The Bertz CT molecular complexity index is 477. The SMILES string of the molecule is C=C1CN[C@H](C(=O)OCc2ccccc2)C12CC2. The first kappa shape index (κ1) is 11.5. The number of hydrogen-bond acceptors (Lipinski definition) is 3. The third-order valence-electron chi connectivity index (χ3n) is 4.02. The van der Waals surface area contributed by atoms with Gasteiger partial charge in [0.1, 0.15) is 12.6 Å². The van der Waals surface area contributed by atoms with E-state index >= 15 is 0 Å². The normalized spacial score (nSPS) is 24.2. The van der Waals surface area contributed by atoms with Crippen molar-refractivity contribution >= 4 is 5.97 Å². The first-order valence-corrected chi connectivity index (χ1v) is 6.34. The fourth-order valence-corrected chi connectivity index (χ4v) is 2.70. The molecule has 3 nitrogen and oxygen atoms in total. The van der Waals surface area contributed by atoms with E-state index in [4.69, 9.17) is 4.74 Å². The molecule has 1 aliphatic carbocycles. The molecule has 1 atom stereocenters. The van der Waals surface area contributed by atoms with Crippen molar-refractivity contribution in [2.75, 3.05) is 6.54 Å². The summed E-state index contributed by atoms with van der Waals surface area (Å²) in [6.07, 6.45) is 2.12. The van der Waals surface area contributed by atoms with Crippen molar-refractivity contribution in [1.82, 2.24) is 5.32 Å². The second-order valence-corrected chi connectivity index (χ2v) is 5.17. The van der Waals surface area contributed by atoms with Gasteiger partial charge < -0.3 is 4.74 Å². The van der Waals surface area contributed by atoms with Crippen LogP contribution in [0.5, 0.6) is 0 Å². The van der Waals surface area contributed by atoms with E-state index in [-0.39, 0.29) is 17.4 Å². The standard InChI is InChI=1S/C15H17NO2/c1-11-9-16-13(15(11)7-8-15)14(17)18-10-12-5-3-2-4-6-12/h2-6,13,16H,1,7-10H2/t13-/m1/s1. The molecule has 1 aromatic carbocycles. The van der Waals surface area contributed by atoms with Gasteiger partial charge in [0.15, 0.2) is 0 Å². The number of carbonyl (C=O) groups excluding carboxylic acids is 1. The summed E-state index contributed by atoms with van der Waals surface area (Å²) in [4.78, 5) is 12.1. The van der Waals surface area contributed by atoms with Crippen LogP contribution in [0.15, 0.2) is 42.5 Å².